The standard InChI is InChI=1S/C15H14BrClFN5.C10H12ClIN4O.C5H2BrFN.3CH3.Sn/c1-3-23-8-10(15(17)21-23)4-9-7-22(2)20-13(9)14-12(16)5-11(18)6-19-14;1-3-16-5-6(9(11)13-16)8(17)7-4-15(2)14-10(7)12;6-4-1-5(7)3-8-2-4;;;;/h5-8H,3-4H2,1-2H3;4-5,8,17H,3H2,1-2H3;1,3H;3*1H3;. The molecule has 11 nitrogen and oxygen atoms in total. The van der Waals surface area contributed by atoms with Crippen molar-refractivity contribution in [3.05, 3.63) is 106 Å². The van der Waals surface area contributed by atoms with Crippen molar-refractivity contribution in [2.75, 3.05) is 0 Å². The van der Waals surface area contributed by atoms with Crippen LogP contribution in [0.15, 0.2) is 58.3 Å². The Bertz CT molecular complexity index is 2150. The van der Waals surface area contributed by atoms with Crippen LogP contribution < -0.4 is 3.71 Å². The van der Waals surface area contributed by atoms with Gasteiger partial charge in [-0.2, -0.15) is 20.4 Å². The van der Waals surface area contributed by atoms with Crippen molar-refractivity contribution >= 4 is 99.7 Å². The summed E-state index contributed by atoms with van der Waals surface area (Å²) in [6, 6.07) is 2.87. The third kappa shape index (κ3) is 11.1. The van der Waals surface area contributed by atoms with Gasteiger partial charge in [0, 0.05) is 85.1 Å². The Kier molecular flexibility index (Phi) is 15.3. The number of aliphatic hydroxyl groups is 1. The van der Waals surface area contributed by atoms with Gasteiger partial charge < -0.3 is 5.11 Å². The number of aromatic nitrogens is 10. The molecule has 0 aliphatic carbocycles. The number of nitrogens with zero attached hydrogens (tertiary/aromatic N) is 10. The Morgan fingerprint density at radius 2 is 1.35 bits per heavy atom. The average molecular weight is 1100 g/mol. The van der Waals surface area contributed by atoms with E-state index in [-0.39, 0.29) is 5.82 Å². The fourth-order valence-corrected chi connectivity index (χ4v) is 14.5. The summed E-state index contributed by atoms with van der Waals surface area (Å²) in [4.78, 5) is 15.0. The summed E-state index contributed by atoms with van der Waals surface area (Å²) in [5.74, 6) is -0.675. The molecule has 6 aromatic rings. The summed E-state index contributed by atoms with van der Waals surface area (Å²) in [7, 11) is 3.65. The zero-order valence-corrected chi connectivity index (χ0v) is 39.1. The van der Waals surface area contributed by atoms with Gasteiger partial charge in [0.1, 0.15) is 27.0 Å². The van der Waals surface area contributed by atoms with Gasteiger partial charge in [0.25, 0.3) is 0 Å². The third-order valence-electron chi connectivity index (χ3n) is 7.41. The Morgan fingerprint density at radius 3 is 1.87 bits per heavy atom. The van der Waals surface area contributed by atoms with Gasteiger partial charge in [-0.15, -0.1) is 0 Å². The first-order chi connectivity index (χ1) is 24.4. The van der Waals surface area contributed by atoms with E-state index in [0.29, 0.717) is 38.2 Å². The number of hydrogen-bond acceptors (Lipinski definition) is 7. The molecule has 0 spiro atoms. The van der Waals surface area contributed by atoms with Crippen molar-refractivity contribution in [1.82, 2.24) is 49.1 Å². The molecule has 6 heterocycles. The fraction of sp³-hybridized carbons (Fsp3) is 0.333. The molecule has 278 valence electrons. The van der Waals surface area contributed by atoms with E-state index in [4.69, 9.17) is 23.2 Å². The van der Waals surface area contributed by atoms with Crippen LogP contribution in [0.5, 0.6) is 0 Å². The first-order valence-corrected chi connectivity index (χ1v) is 29.3. The minimum atomic E-state index is -2.13. The van der Waals surface area contributed by atoms with Gasteiger partial charge in [-0.25, -0.2) is 4.39 Å². The first kappa shape index (κ1) is 42.8. The number of halogens is 7. The molecule has 1 unspecified atom stereocenters. The maximum absolute atomic E-state index is 13.3. The van der Waals surface area contributed by atoms with Crippen molar-refractivity contribution < 1.29 is 13.9 Å². The second-order valence-electron chi connectivity index (χ2n) is 12.6. The van der Waals surface area contributed by atoms with Crippen LogP contribution >= 0.6 is 77.7 Å². The summed E-state index contributed by atoms with van der Waals surface area (Å²) in [6.07, 6.45) is 9.64. The predicted octanol–water partition coefficient (Wildman–Crippen LogP) is 8.35. The van der Waals surface area contributed by atoms with Crippen LogP contribution in [0.3, 0.4) is 0 Å². The minimum absolute atomic E-state index is 0.277. The van der Waals surface area contributed by atoms with Gasteiger partial charge in [-0.3, -0.25) is 23.7 Å². The molecule has 1 N–H and O–H groups in total. The molecular weight excluding hydrogens is 1070 g/mol. The Balaban J connectivity index is 0.000000184. The Hall–Kier alpha value is -1.97. The van der Waals surface area contributed by atoms with Crippen molar-refractivity contribution in [3.8, 4) is 11.4 Å². The first-order valence-electron chi connectivity index (χ1n) is 15.9. The van der Waals surface area contributed by atoms with Crippen molar-refractivity contribution in [2.45, 2.75) is 54.3 Å². The molecule has 0 saturated heterocycles. The molecule has 0 aromatic carbocycles. The molecule has 0 fully saturated rings. The number of rotatable bonds is 8. The molecule has 6 aromatic heterocycles. The molecule has 52 heavy (non-hydrogen) atoms. The van der Waals surface area contributed by atoms with Crippen LogP contribution in [0.4, 0.5) is 8.78 Å². The van der Waals surface area contributed by atoms with Gasteiger partial charge in [-0.1, -0.05) is 23.2 Å². The zero-order chi connectivity index (χ0) is 38.5. The summed E-state index contributed by atoms with van der Waals surface area (Å²) in [5.41, 5.74) is 4.51. The molecule has 1 atom stereocenters. The van der Waals surface area contributed by atoms with Crippen LogP contribution in [0, 0.1) is 15.3 Å². The number of hydrogen-bond donors (Lipinski definition) is 1. The fourth-order valence-electron chi connectivity index (χ4n) is 4.94. The number of pyridine rings is 2. The van der Waals surface area contributed by atoms with Crippen LogP contribution in [0.2, 0.25) is 25.1 Å². The van der Waals surface area contributed by atoms with Crippen LogP contribution in [-0.4, -0.2) is 72.6 Å². The van der Waals surface area contributed by atoms with Gasteiger partial charge in [0.2, 0.25) is 0 Å². The van der Waals surface area contributed by atoms with E-state index in [1.807, 2.05) is 40.3 Å². The molecule has 6 rings (SSSR count). The predicted molar refractivity (Wildman–Crippen MR) is 218 cm³/mol. The molecule has 0 saturated carbocycles. The topological polar surface area (TPSA) is 117 Å². The Labute approximate surface area is 345 Å². The second-order valence-corrected chi connectivity index (χ2v) is 30.2. The third-order valence-corrected chi connectivity index (χ3v) is 16.3. The summed E-state index contributed by atoms with van der Waals surface area (Å²) in [6.45, 7) is 5.44. The van der Waals surface area contributed by atoms with Crippen LogP contribution in [0.1, 0.15) is 42.2 Å². The SMILES string of the molecule is CCn1cc(C(O)c2cn(C)nc2I)c(Cl)n1.CCn1cc(Cc2cn(C)nc2-c2ncc(F)cc2Br)c(Cl)n1.[CH3][Sn]([CH3])([CH3])[c]1ncc(F)cc1Br. The molecule has 0 amide bonds. The van der Waals surface area contributed by atoms with E-state index in [0.717, 1.165) is 41.7 Å². The van der Waals surface area contributed by atoms with E-state index in [1.54, 1.807) is 31.1 Å². The van der Waals surface area contributed by atoms with Gasteiger partial charge >= 0.3 is 84.8 Å². The quantitative estimate of drug-likeness (QED) is 0.120. The van der Waals surface area contributed by atoms with Gasteiger partial charge in [0.05, 0.1) is 6.20 Å². The number of aliphatic hydroxyl groups excluding tert-OH is 1. The average Bonchev–Trinajstić information content (AvgIpc) is 3.82. The van der Waals surface area contributed by atoms with E-state index < -0.39 is 30.3 Å². The maximum atomic E-state index is 13.3. The molecule has 0 aliphatic heterocycles. The van der Waals surface area contributed by atoms with E-state index in [9.17, 15) is 13.9 Å². The van der Waals surface area contributed by atoms with E-state index in [1.165, 1.54) is 24.5 Å². The van der Waals surface area contributed by atoms with Gasteiger partial charge in [0.15, 0.2) is 10.3 Å². The Morgan fingerprint density at radius 1 is 0.769 bits per heavy atom. The summed E-state index contributed by atoms with van der Waals surface area (Å²) >= 11 is 18.8. The van der Waals surface area contributed by atoms with Crippen LogP contribution in [-0.2, 0) is 33.6 Å². The normalized spacial score (nSPS) is 11.9. The van der Waals surface area contributed by atoms with E-state index >= 15 is 0 Å². The molecule has 0 radical (unpaired) electrons. The summed E-state index contributed by atoms with van der Waals surface area (Å²) < 4.78 is 36.0. The van der Waals surface area contributed by atoms with Crippen molar-refractivity contribution in [2.24, 2.45) is 14.1 Å². The monoisotopic (exact) mass is 1100 g/mol. The zero-order valence-electron chi connectivity index (χ0n) is 29.4. The van der Waals surface area contributed by atoms with Crippen LogP contribution in [0.25, 0.3) is 11.4 Å². The number of aryl methyl sites for hydroxylation is 4. The van der Waals surface area contributed by atoms with Crippen molar-refractivity contribution in [3.63, 3.8) is 0 Å². The van der Waals surface area contributed by atoms with E-state index in [2.05, 4.69) is 99.6 Å². The molecular formula is C33H37Br2Cl2F2IN10OSn. The molecule has 0 aliphatic rings. The summed E-state index contributed by atoms with van der Waals surface area (Å²) in [5, 5.41) is 28.1. The second kappa shape index (κ2) is 18.6. The van der Waals surface area contributed by atoms with Crippen molar-refractivity contribution in [1.29, 1.82) is 0 Å². The van der Waals surface area contributed by atoms with Gasteiger partial charge in [-0.05, 0) is 58.4 Å². The molecule has 0 bridgehead atoms. The molecule has 19 heteroatoms.